The van der Waals surface area contributed by atoms with Crippen molar-refractivity contribution in [2.45, 2.75) is 19.4 Å². The van der Waals surface area contributed by atoms with Crippen LogP contribution in [0.25, 0.3) is 0 Å². The van der Waals surface area contributed by atoms with Gasteiger partial charge in [-0.3, -0.25) is 4.98 Å². The van der Waals surface area contributed by atoms with Gasteiger partial charge in [-0.15, -0.1) is 0 Å². The normalized spacial score (nSPS) is 14.7. The molecule has 2 aromatic rings. The van der Waals surface area contributed by atoms with Crippen molar-refractivity contribution >= 4 is 0 Å². The lowest BCUT2D eigenvalue weighted by molar-refractivity contribution is 0.171. The van der Waals surface area contributed by atoms with E-state index in [-0.39, 0.29) is 6.04 Å². The molecule has 0 saturated carbocycles. The van der Waals surface area contributed by atoms with Crippen LogP contribution >= 0.6 is 0 Å². The van der Waals surface area contributed by atoms with Crippen LogP contribution < -0.4 is 14.8 Å². The summed E-state index contributed by atoms with van der Waals surface area (Å²) in [5.74, 6) is 1.70. The van der Waals surface area contributed by atoms with Gasteiger partial charge in [-0.1, -0.05) is 12.1 Å². The Bertz CT molecular complexity index is 587. The first-order chi connectivity index (χ1) is 10.3. The number of benzene rings is 1. The maximum Gasteiger partial charge on any atom is 0.161 e. The first-order valence-corrected chi connectivity index (χ1v) is 7.36. The second-order valence-corrected chi connectivity index (χ2v) is 5.16. The molecule has 110 valence electrons. The van der Waals surface area contributed by atoms with Crippen LogP contribution in [0.2, 0.25) is 0 Å². The summed E-state index contributed by atoms with van der Waals surface area (Å²) >= 11 is 0. The first-order valence-electron chi connectivity index (χ1n) is 7.36. The smallest absolute Gasteiger partial charge is 0.161 e. The van der Waals surface area contributed by atoms with Crippen LogP contribution in [0.3, 0.4) is 0 Å². The summed E-state index contributed by atoms with van der Waals surface area (Å²) < 4.78 is 11.1. The predicted molar refractivity (Wildman–Crippen MR) is 81.8 cm³/mol. The zero-order chi connectivity index (χ0) is 14.5. The van der Waals surface area contributed by atoms with Gasteiger partial charge >= 0.3 is 0 Å². The Morgan fingerprint density at radius 3 is 2.81 bits per heavy atom. The van der Waals surface area contributed by atoms with Crippen molar-refractivity contribution in [2.75, 3.05) is 19.8 Å². The molecular weight excluding hydrogens is 264 g/mol. The van der Waals surface area contributed by atoms with Gasteiger partial charge in [0.25, 0.3) is 0 Å². The Morgan fingerprint density at radius 2 is 2.00 bits per heavy atom. The number of nitrogens with one attached hydrogen (secondary N) is 1. The Hall–Kier alpha value is -2.07. The van der Waals surface area contributed by atoms with Gasteiger partial charge in [0.2, 0.25) is 0 Å². The molecule has 3 rings (SSSR count). The second-order valence-electron chi connectivity index (χ2n) is 5.16. The number of ether oxygens (including phenoxy) is 2. The number of nitrogens with zero attached hydrogens (tertiary/aromatic N) is 1. The molecule has 4 heteroatoms. The largest absolute Gasteiger partial charge is 0.486 e. The van der Waals surface area contributed by atoms with E-state index in [1.165, 1.54) is 5.56 Å². The third-order valence-electron chi connectivity index (χ3n) is 3.60. The lowest BCUT2D eigenvalue weighted by atomic mass is 10.1. The van der Waals surface area contributed by atoms with Crippen LogP contribution in [0.5, 0.6) is 11.5 Å². The topological polar surface area (TPSA) is 43.4 Å². The first kappa shape index (κ1) is 13.9. The van der Waals surface area contributed by atoms with Crippen LogP contribution in [0, 0.1) is 0 Å². The molecule has 0 amide bonds. The van der Waals surface area contributed by atoms with Crippen molar-refractivity contribution in [1.82, 2.24) is 10.3 Å². The maximum absolute atomic E-state index is 5.61. The molecule has 1 aromatic heterocycles. The Morgan fingerprint density at radius 1 is 1.14 bits per heavy atom. The Kier molecular flexibility index (Phi) is 4.36. The van der Waals surface area contributed by atoms with E-state index in [4.69, 9.17) is 9.47 Å². The second kappa shape index (κ2) is 6.59. The zero-order valence-corrected chi connectivity index (χ0v) is 12.2. The minimum absolute atomic E-state index is 0.253. The maximum atomic E-state index is 5.61. The fraction of sp³-hybridized carbons (Fsp3) is 0.353. The Balaban J connectivity index is 1.53. The average Bonchev–Trinajstić information content (AvgIpc) is 2.55. The highest BCUT2D eigenvalue weighted by atomic mass is 16.6. The summed E-state index contributed by atoms with van der Waals surface area (Å²) in [6, 6.07) is 12.4. The quantitative estimate of drug-likeness (QED) is 0.917. The van der Waals surface area contributed by atoms with E-state index in [2.05, 4.69) is 29.4 Å². The molecule has 1 aliphatic rings. The molecule has 0 spiro atoms. The van der Waals surface area contributed by atoms with Gasteiger partial charge in [0, 0.05) is 12.2 Å². The van der Waals surface area contributed by atoms with E-state index in [0.29, 0.717) is 13.2 Å². The van der Waals surface area contributed by atoms with Gasteiger partial charge in [0.1, 0.15) is 13.2 Å². The minimum Gasteiger partial charge on any atom is -0.486 e. The van der Waals surface area contributed by atoms with E-state index in [0.717, 1.165) is 30.2 Å². The number of aromatic nitrogens is 1. The number of hydrogen-bond donors (Lipinski definition) is 1. The van der Waals surface area contributed by atoms with Crippen molar-refractivity contribution < 1.29 is 9.47 Å². The molecule has 1 unspecified atom stereocenters. The van der Waals surface area contributed by atoms with Crippen LogP contribution in [0.15, 0.2) is 42.6 Å². The fourth-order valence-electron chi connectivity index (χ4n) is 2.41. The van der Waals surface area contributed by atoms with Gasteiger partial charge in [-0.05, 0) is 49.7 Å². The molecule has 2 heterocycles. The molecule has 0 saturated heterocycles. The monoisotopic (exact) mass is 284 g/mol. The molecule has 21 heavy (non-hydrogen) atoms. The predicted octanol–water partition coefficient (Wildman–Crippen LogP) is 2.75. The molecule has 0 bridgehead atoms. The van der Waals surface area contributed by atoms with Crippen LogP contribution in [0.4, 0.5) is 0 Å². The number of rotatable bonds is 5. The van der Waals surface area contributed by atoms with Gasteiger partial charge in [0.05, 0.1) is 5.69 Å². The van der Waals surface area contributed by atoms with E-state index >= 15 is 0 Å². The Labute approximate surface area is 125 Å². The van der Waals surface area contributed by atoms with Crippen LogP contribution in [0.1, 0.15) is 24.2 Å². The molecule has 1 atom stereocenters. The van der Waals surface area contributed by atoms with Crippen molar-refractivity contribution in [1.29, 1.82) is 0 Å². The fourth-order valence-corrected chi connectivity index (χ4v) is 2.41. The van der Waals surface area contributed by atoms with Gasteiger partial charge in [0.15, 0.2) is 11.5 Å². The van der Waals surface area contributed by atoms with Crippen molar-refractivity contribution in [3.63, 3.8) is 0 Å². The minimum atomic E-state index is 0.253. The summed E-state index contributed by atoms with van der Waals surface area (Å²) in [6.45, 7) is 4.30. The number of pyridine rings is 1. The van der Waals surface area contributed by atoms with Crippen molar-refractivity contribution in [3.8, 4) is 11.5 Å². The highest BCUT2D eigenvalue weighted by molar-refractivity contribution is 5.43. The lowest BCUT2D eigenvalue weighted by Gasteiger charge is -2.19. The molecule has 1 N–H and O–H groups in total. The van der Waals surface area contributed by atoms with E-state index in [9.17, 15) is 0 Å². The SMILES string of the molecule is CC(NCCc1ccc2c(c1)OCCO2)c1ccccn1. The van der Waals surface area contributed by atoms with Gasteiger partial charge in [-0.2, -0.15) is 0 Å². The molecule has 1 aromatic carbocycles. The van der Waals surface area contributed by atoms with Gasteiger partial charge in [-0.25, -0.2) is 0 Å². The zero-order valence-electron chi connectivity index (χ0n) is 12.2. The third-order valence-corrected chi connectivity index (χ3v) is 3.60. The van der Waals surface area contributed by atoms with Gasteiger partial charge < -0.3 is 14.8 Å². The summed E-state index contributed by atoms with van der Waals surface area (Å²) in [6.07, 6.45) is 2.78. The van der Waals surface area contributed by atoms with Crippen LogP contribution in [-0.4, -0.2) is 24.7 Å². The number of hydrogen-bond acceptors (Lipinski definition) is 4. The lowest BCUT2D eigenvalue weighted by Crippen LogP contribution is -2.22. The molecule has 4 nitrogen and oxygen atoms in total. The van der Waals surface area contributed by atoms with E-state index in [1.807, 2.05) is 30.5 Å². The standard InChI is InChI=1S/C17H20N2O2/c1-13(15-4-2-3-8-19-15)18-9-7-14-5-6-16-17(12-14)21-11-10-20-16/h2-6,8,12-13,18H,7,9-11H2,1H3. The third kappa shape index (κ3) is 3.52. The van der Waals surface area contributed by atoms with E-state index in [1.54, 1.807) is 0 Å². The van der Waals surface area contributed by atoms with Crippen LogP contribution in [-0.2, 0) is 6.42 Å². The summed E-state index contributed by atoms with van der Waals surface area (Å²) in [5.41, 5.74) is 2.32. The molecule has 0 fully saturated rings. The number of fused-ring (bicyclic) bond motifs is 1. The highest BCUT2D eigenvalue weighted by Gasteiger charge is 2.11. The summed E-state index contributed by atoms with van der Waals surface area (Å²) in [7, 11) is 0. The average molecular weight is 284 g/mol. The molecule has 0 radical (unpaired) electrons. The molecule has 0 aliphatic carbocycles. The molecular formula is C17H20N2O2. The summed E-state index contributed by atoms with van der Waals surface area (Å²) in [4.78, 5) is 4.36. The van der Waals surface area contributed by atoms with Crippen molar-refractivity contribution in [2.24, 2.45) is 0 Å². The summed E-state index contributed by atoms with van der Waals surface area (Å²) in [5, 5.41) is 3.49. The van der Waals surface area contributed by atoms with Crippen molar-refractivity contribution in [3.05, 3.63) is 53.9 Å². The highest BCUT2D eigenvalue weighted by Crippen LogP contribution is 2.30. The van der Waals surface area contributed by atoms with E-state index < -0.39 is 0 Å². The molecule has 1 aliphatic heterocycles.